The quantitative estimate of drug-likeness (QED) is 0.227. The normalized spacial score (nSPS) is 11.2. The molecule has 0 atom stereocenters. The highest BCUT2D eigenvalue weighted by molar-refractivity contribution is 14.0. The summed E-state index contributed by atoms with van der Waals surface area (Å²) < 4.78 is 7.21. The fourth-order valence-electron chi connectivity index (χ4n) is 2.69. The Morgan fingerprint density at radius 3 is 2.61 bits per heavy atom. The highest BCUT2D eigenvalue weighted by Gasteiger charge is 2.05. The van der Waals surface area contributed by atoms with E-state index in [0.717, 1.165) is 67.9 Å². The third kappa shape index (κ3) is 8.14. The van der Waals surface area contributed by atoms with Crippen LogP contribution in [0.1, 0.15) is 43.6 Å². The number of rotatable bonds is 10. The first kappa shape index (κ1) is 24.4. The van der Waals surface area contributed by atoms with Gasteiger partial charge in [-0.05, 0) is 58.2 Å². The SMILES string of the molecule is CCNC(=NCc1ccc(-n2nc(C)cc2C)nc1)NCCCCOCC.I. The summed E-state index contributed by atoms with van der Waals surface area (Å²) >= 11 is 0. The Balaban J connectivity index is 0.00000392. The molecule has 0 radical (unpaired) electrons. The van der Waals surface area contributed by atoms with Crippen molar-refractivity contribution in [3.05, 3.63) is 41.3 Å². The van der Waals surface area contributed by atoms with Gasteiger partial charge in [-0.1, -0.05) is 6.07 Å². The predicted octanol–water partition coefficient (Wildman–Crippen LogP) is 3.37. The van der Waals surface area contributed by atoms with Crippen LogP contribution in [0.25, 0.3) is 5.82 Å². The van der Waals surface area contributed by atoms with Gasteiger partial charge in [0.2, 0.25) is 0 Å². The van der Waals surface area contributed by atoms with E-state index >= 15 is 0 Å². The number of nitrogens with one attached hydrogen (secondary N) is 2. The van der Waals surface area contributed by atoms with Gasteiger partial charge in [0.1, 0.15) is 0 Å². The van der Waals surface area contributed by atoms with Gasteiger partial charge >= 0.3 is 0 Å². The van der Waals surface area contributed by atoms with E-state index in [2.05, 4.69) is 32.6 Å². The minimum Gasteiger partial charge on any atom is -0.382 e. The smallest absolute Gasteiger partial charge is 0.191 e. The van der Waals surface area contributed by atoms with E-state index < -0.39 is 0 Å². The largest absolute Gasteiger partial charge is 0.382 e. The Labute approximate surface area is 185 Å². The van der Waals surface area contributed by atoms with Crippen molar-refractivity contribution in [3.63, 3.8) is 0 Å². The van der Waals surface area contributed by atoms with E-state index in [-0.39, 0.29) is 24.0 Å². The van der Waals surface area contributed by atoms with Crippen LogP contribution >= 0.6 is 24.0 Å². The number of halogens is 1. The summed E-state index contributed by atoms with van der Waals surface area (Å²) in [6, 6.07) is 6.08. The van der Waals surface area contributed by atoms with E-state index in [4.69, 9.17) is 4.74 Å². The molecule has 0 aliphatic heterocycles. The van der Waals surface area contributed by atoms with Crippen LogP contribution in [0.5, 0.6) is 0 Å². The van der Waals surface area contributed by atoms with Crippen molar-refractivity contribution in [1.82, 2.24) is 25.4 Å². The first-order valence-corrected chi connectivity index (χ1v) is 9.72. The minimum atomic E-state index is 0. The lowest BCUT2D eigenvalue weighted by Crippen LogP contribution is -2.37. The third-order valence-electron chi connectivity index (χ3n) is 4.01. The molecule has 2 N–H and O–H groups in total. The van der Waals surface area contributed by atoms with Crippen LogP contribution in [-0.2, 0) is 11.3 Å². The molecule has 0 amide bonds. The second kappa shape index (κ2) is 13.5. The molecule has 2 aromatic heterocycles. The van der Waals surface area contributed by atoms with Gasteiger partial charge in [0.25, 0.3) is 0 Å². The van der Waals surface area contributed by atoms with Crippen molar-refractivity contribution in [2.24, 2.45) is 4.99 Å². The summed E-state index contributed by atoms with van der Waals surface area (Å²) in [5.41, 5.74) is 3.13. The maximum Gasteiger partial charge on any atom is 0.191 e. The zero-order chi connectivity index (χ0) is 19.5. The fraction of sp³-hybridized carbons (Fsp3) is 0.550. The molecule has 0 saturated carbocycles. The van der Waals surface area contributed by atoms with Gasteiger partial charge in [-0.3, -0.25) is 0 Å². The Kier molecular flexibility index (Phi) is 11.7. The molecule has 0 unspecified atom stereocenters. The first-order valence-electron chi connectivity index (χ1n) is 9.72. The van der Waals surface area contributed by atoms with Gasteiger partial charge < -0.3 is 15.4 Å². The summed E-state index contributed by atoms with van der Waals surface area (Å²) in [6.07, 6.45) is 3.97. The number of unbranched alkanes of at least 4 members (excludes halogenated alkanes) is 1. The van der Waals surface area contributed by atoms with E-state index in [0.29, 0.717) is 6.54 Å². The van der Waals surface area contributed by atoms with E-state index in [1.165, 1.54) is 0 Å². The highest BCUT2D eigenvalue weighted by atomic mass is 127. The van der Waals surface area contributed by atoms with Crippen molar-refractivity contribution in [3.8, 4) is 5.82 Å². The zero-order valence-electron chi connectivity index (χ0n) is 17.4. The van der Waals surface area contributed by atoms with Crippen molar-refractivity contribution in [2.45, 2.75) is 47.1 Å². The lowest BCUT2D eigenvalue weighted by atomic mass is 10.3. The average molecular weight is 500 g/mol. The summed E-state index contributed by atoms with van der Waals surface area (Å²) in [7, 11) is 0. The summed E-state index contributed by atoms with van der Waals surface area (Å²) in [4.78, 5) is 9.17. The standard InChI is InChI=1S/C20H32N6O.HI/c1-5-21-20(22-11-7-8-12-27-6-2)24-15-18-9-10-19(23-14-18)26-17(4)13-16(3)25-26;/h9-10,13-14H,5-8,11-12,15H2,1-4H3,(H2,21,22,24);1H. The molecule has 156 valence electrons. The number of pyridine rings is 1. The molecule has 0 aliphatic rings. The number of aliphatic imine (C=N–C) groups is 1. The van der Waals surface area contributed by atoms with Crippen LogP contribution in [0, 0.1) is 13.8 Å². The maximum absolute atomic E-state index is 5.36. The molecule has 0 bridgehead atoms. The van der Waals surface area contributed by atoms with Gasteiger partial charge in [0.15, 0.2) is 11.8 Å². The highest BCUT2D eigenvalue weighted by Crippen LogP contribution is 2.10. The molecule has 2 heterocycles. The molecule has 0 spiro atoms. The van der Waals surface area contributed by atoms with Crippen LogP contribution in [0.3, 0.4) is 0 Å². The van der Waals surface area contributed by atoms with Crippen molar-refractivity contribution in [2.75, 3.05) is 26.3 Å². The molecule has 8 heteroatoms. The van der Waals surface area contributed by atoms with Gasteiger partial charge in [0, 0.05) is 38.2 Å². The van der Waals surface area contributed by atoms with Crippen molar-refractivity contribution < 1.29 is 4.74 Å². The third-order valence-corrected chi connectivity index (χ3v) is 4.01. The van der Waals surface area contributed by atoms with Gasteiger partial charge in [-0.15, -0.1) is 24.0 Å². The summed E-state index contributed by atoms with van der Waals surface area (Å²) in [6.45, 7) is 12.0. The van der Waals surface area contributed by atoms with Gasteiger partial charge in [-0.25, -0.2) is 14.7 Å². The number of hydrogen-bond donors (Lipinski definition) is 2. The second-order valence-corrected chi connectivity index (χ2v) is 6.39. The van der Waals surface area contributed by atoms with Crippen molar-refractivity contribution in [1.29, 1.82) is 0 Å². The average Bonchev–Trinajstić information content (AvgIpc) is 3.01. The Hall–Kier alpha value is -1.68. The van der Waals surface area contributed by atoms with Gasteiger partial charge in [0.05, 0.1) is 12.2 Å². The number of aromatic nitrogens is 3. The molecule has 28 heavy (non-hydrogen) atoms. The molecule has 2 aromatic rings. The first-order chi connectivity index (χ1) is 13.1. The molecule has 2 rings (SSSR count). The van der Waals surface area contributed by atoms with E-state index in [9.17, 15) is 0 Å². The topological polar surface area (TPSA) is 76.4 Å². The molecule has 0 aromatic carbocycles. The van der Waals surface area contributed by atoms with E-state index in [1.807, 2.05) is 49.8 Å². The zero-order valence-corrected chi connectivity index (χ0v) is 19.7. The van der Waals surface area contributed by atoms with Gasteiger partial charge in [-0.2, -0.15) is 5.10 Å². The minimum absolute atomic E-state index is 0. The number of aryl methyl sites for hydroxylation is 2. The molecule has 0 saturated heterocycles. The van der Waals surface area contributed by atoms with Crippen LogP contribution < -0.4 is 10.6 Å². The van der Waals surface area contributed by atoms with E-state index in [1.54, 1.807) is 0 Å². The van der Waals surface area contributed by atoms with Crippen LogP contribution in [-0.4, -0.2) is 47.0 Å². The van der Waals surface area contributed by atoms with Crippen LogP contribution in [0.4, 0.5) is 0 Å². The molecular weight excluding hydrogens is 467 g/mol. The Morgan fingerprint density at radius 2 is 2.00 bits per heavy atom. The monoisotopic (exact) mass is 500 g/mol. The Bertz CT molecular complexity index is 714. The molecule has 0 fully saturated rings. The lowest BCUT2D eigenvalue weighted by molar-refractivity contribution is 0.143. The second-order valence-electron chi connectivity index (χ2n) is 6.39. The molecule has 7 nitrogen and oxygen atoms in total. The summed E-state index contributed by atoms with van der Waals surface area (Å²) in [5.74, 6) is 1.66. The number of guanidine groups is 1. The lowest BCUT2D eigenvalue weighted by Gasteiger charge is -2.11. The Morgan fingerprint density at radius 1 is 1.18 bits per heavy atom. The number of ether oxygens (including phenoxy) is 1. The number of hydrogen-bond acceptors (Lipinski definition) is 4. The molecular formula is C20H33IN6O. The molecule has 0 aliphatic carbocycles. The van der Waals surface area contributed by atoms with Crippen LogP contribution in [0.2, 0.25) is 0 Å². The fourth-order valence-corrected chi connectivity index (χ4v) is 2.69. The summed E-state index contributed by atoms with van der Waals surface area (Å²) in [5, 5.41) is 11.1. The van der Waals surface area contributed by atoms with Crippen LogP contribution in [0.15, 0.2) is 29.4 Å². The maximum atomic E-state index is 5.36. The van der Waals surface area contributed by atoms with Crippen molar-refractivity contribution >= 4 is 29.9 Å². The number of nitrogens with zero attached hydrogens (tertiary/aromatic N) is 4. The predicted molar refractivity (Wildman–Crippen MR) is 125 cm³/mol.